The number of aryl methyl sites for hydroxylation is 1. The van der Waals surface area contributed by atoms with Gasteiger partial charge in [0.15, 0.2) is 0 Å². The van der Waals surface area contributed by atoms with E-state index in [1.54, 1.807) is 11.3 Å². The molecule has 2 heterocycles. The molecule has 1 aliphatic heterocycles. The molecule has 1 saturated heterocycles. The number of hydrogen-bond acceptors (Lipinski definition) is 5. The second-order valence-electron chi connectivity index (χ2n) is 5.62. The molecule has 0 atom stereocenters. The number of thiazole rings is 1. The van der Waals surface area contributed by atoms with E-state index < -0.39 is 5.97 Å². The third-order valence-corrected chi connectivity index (χ3v) is 4.91. The Hall–Kier alpha value is -0.980. The van der Waals surface area contributed by atoms with Crippen LogP contribution in [0.15, 0.2) is 0 Å². The molecule has 20 heavy (non-hydrogen) atoms. The Morgan fingerprint density at radius 1 is 1.50 bits per heavy atom. The molecule has 1 aromatic rings. The van der Waals surface area contributed by atoms with Crippen molar-refractivity contribution in [2.75, 3.05) is 27.2 Å². The van der Waals surface area contributed by atoms with Gasteiger partial charge in [0.05, 0.1) is 17.1 Å². The third kappa shape index (κ3) is 4.01. The molecule has 0 unspecified atom stereocenters. The van der Waals surface area contributed by atoms with E-state index in [-0.39, 0.29) is 6.42 Å². The smallest absolute Gasteiger partial charge is 0.309 e. The fraction of sp³-hybridized carbons (Fsp3) is 0.714. The number of rotatable bonds is 5. The second kappa shape index (κ2) is 6.65. The van der Waals surface area contributed by atoms with Crippen LogP contribution in [0, 0.1) is 6.92 Å². The van der Waals surface area contributed by atoms with Gasteiger partial charge in [-0.1, -0.05) is 0 Å². The van der Waals surface area contributed by atoms with Crippen molar-refractivity contribution in [1.82, 2.24) is 14.8 Å². The number of carboxylic acid groups (broad SMARTS) is 1. The van der Waals surface area contributed by atoms with Gasteiger partial charge in [-0.05, 0) is 47.0 Å². The van der Waals surface area contributed by atoms with Crippen molar-refractivity contribution in [3.63, 3.8) is 0 Å². The first-order valence-corrected chi connectivity index (χ1v) is 7.83. The minimum Gasteiger partial charge on any atom is -0.481 e. The predicted molar refractivity (Wildman–Crippen MR) is 80.2 cm³/mol. The maximum absolute atomic E-state index is 10.9. The molecule has 112 valence electrons. The standard InChI is InChI=1S/C14H23N3O2S/c1-10-15-12(8-14(18)19)13(20-10)9-17(3)11-4-6-16(2)7-5-11/h11H,4-9H2,1-3H3,(H,18,19). The van der Waals surface area contributed by atoms with Crippen LogP contribution in [-0.4, -0.2) is 59.1 Å². The lowest BCUT2D eigenvalue weighted by atomic mass is 10.0. The first kappa shape index (κ1) is 15.4. The molecule has 0 spiro atoms. The van der Waals surface area contributed by atoms with Crippen LogP contribution in [0.3, 0.4) is 0 Å². The van der Waals surface area contributed by atoms with Crippen LogP contribution in [0.1, 0.15) is 28.4 Å². The minimum absolute atomic E-state index is 0.0287. The Morgan fingerprint density at radius 3 is 2.75 bits per heavy atom. The zero-order valence-corrected chi connectivity index (χ0v) is 13.2. The number of carbonyl (C=O) groups is 1. The van der Waals surface area contributed by atoms with Crippen molar-refractivity contribution in [1.29, 1.82) is 0 Å². The summed E-state index contributed by atoms with van der Waals surface area (Å²) in [5.41, 5.74) is 0.736. The summed E-state index contributed by atoms with van der Waals surface area (Å²) >= 11 is 1.62. The van der Waals surface area contributed by atoms with Gasteiger partial charge in [0.2, 0.25) is 0 Å². The van der Waals surface area contributed by atoms with E-state index in [2.05, 4.69) is 28.9 Å². The number of carboxylic acids is 1. The van der Waals surface area contributed by atoms with Gasteiger partial charge in [0.25, 0.3) is 0 Å². The lowest BCUT2D eigenvalue weighted by Crippen LogP contribution is -2.41. The molecule has 5 nitrogen and oxygen atoms in total. The Bertz CT molecular complexity index is 467. The van der Waals surface area contributed by atoms with Gasteiger partial charge in [0.1, 0.15) is 0 Å². The highest BCUT2D eigenvalue weighted by atomic mass is 32.1. The fourth-order valence-corrected chi connectivity index (χ4v) is 3.72. The van der Waals surface area contributed by atoms with Gasteiger partial charge in [0, 0.05) is 17.5 Å². The van der Waals surface area contributed by atoms with Crippen LogP contribution in [0.4, 0.5) is 0 Å². The summed E-state index contributed by atoms with van der Waals surface area (Å²) in [5, 5.41) is 9.91. The highest BCUT2D eigenvalue weighted by Gasteiger charge is 2.22. The molecule has 0 saturated carbocycles. The summed E-state index contributed by atoms with van der Waals surface area (Å²) in [6, 6.07) is 0.589. The molecule has 2 rings (SSSR count). The Morgan fingerprint density at radius 2 is 2.15 bits per heavy atom. The van der Waals surface area contributed by atoms with Crippen LogP contribution >= 0.6 is 11.3 Å². The molecule has 1 N–H and O–H groups in total. The minimum atomic E-state index is -0.807. The van der Waals surface area contributed by atoms with Gasteiger partial charge < -0.3 is 10.0 Å². The monoisotopic (exact) mass is 297 g/mol. The number of likely N-dealkylation sites (tertiary alicyclic amines) is 1. The summed E-state index contributed by atoms with van der Waals surface area (Å²) in [7, 11) is 4.29. The Balaban J connectivity index is 2.00. The molecule has 1 aromatic heterocycles. The van der Waals surface area contributed by atoms with E-state index in [1.807, 2.05) is 6.92 Å². The zero-order chi connectivity index (χ0) is 14.7. The number of piperidine rings is 1. The SMILES string of the molecule is Cc1nc(CC(=O)O)c(CN(C)C2CCN(C)CC2)s1. The highest BCUT2D eigenvalue weighted by molar-refractivity contribution is 7.11. The van der Waals surface area contributed by atoms with Crippen molar-refractivity contribution >= 4 is 17.3 Å². The van der Waals surface area contributed by atoms with Crippen molar-refractivity contribution in [2.45, 2.75) is 38.8 Å². The number of hydrogen-bond donors (Lipinski definition) is 1. The van der Waals surface area contributed by atoms with Crippen molar-refractivity contribution < 1.29 is 9.90 Å². The number of aliphatic carboxylic acids is 1. The first-order valence-electron chi connectivity index (χ1n) is 7.01. The van der Waals surface area contributed by atoms with E-state index in [0.717, 1.165) is 35.2 Å². The van der Waals surface area contributed by atoms with Gasteiger partial charge in [-0.2, -0.15) is 0 Å². The summed E-state index contributed by atoms with van der Waals surface area (Å²) in [4.78, 5) is 21.1. The van der Waals surface area contributed by atoms with Gasteiger partial charge in [-0.3, -0.25) is 9.69 Å². The van der Waals surface area contributed by atoms with Crippen molar-refractivity contribution in [3.05, 3.63) is 15.6 Å². The normalized spacial score (nSPS) is 17.8. The Kier molecular flexibility index (Phi) is 5.12. The quantitative estimate of drug-likeness (QED) is 0.895. The summed E-state index contributed by atoms with van der Waals surface area (Å²) in [6.07, 6.45) is 2.39. The topological polar surface area (TPSA) is 56.7 Å². The van der Waals surface area contributed by atoms with E-state index in [1.165, 1.54) is 12.8 Å². The molecule has 0 aromatic carbocycles. The van der Waals surface area contributed by atoms with Crippen molar-refractivity contribution in [2.24, 2.45) is 0 Å². The molecule has 6 heteroatoms. The zero-order valence-electron chi connectivity index (χ0n) is 12.4. The fourth-order valence-electron chi connectivity index (χ4n) is 2.71. The lowest BCUT2D eigenvalue weighted by Gasteiger charge is -2.35. The van der Waals surface area contributed by atoms with Crippen LogP contribution in [0.5, 0.6) is 0 Å². The number of aromatic nitrogens is 1. The second-order valence-corrected chi connectivity index (χ2v) is 6.91. The molecule has 0 radical (unpaired) electrons. The maximum Gasteiger partial charge on any atom is 0.309 e. The van der Waals surface area contributed by atoms with Gasteiger partial charge in [-0.25, -0.2) is 4.98 Å². The lowest BCUT2D eigenvalue weighted by molar-refractivity contribution is -0.136. The largest absolute Gasteiger partial charge is 0.481 e. The molecular weight excluding hydrogens is 274 g/mol. The first-order chi connectivity index (χ1) is 9.45. The predicted octanol–water partition coefficient (Wildman–Crippen LogP) is 1.60. The molecule has 1 aliphatic rings. The summed E-state index contributed by atoms with van der Waals surface area (Å²) in [6.45, 7) is 5.02. The molecule has 0 bridgehead atoms. The summed E-state index contributed by atoms with van der Waals surface area (Å²) < 4.78 is 0. The number of nitrogens with zero attached hydrogens (tertiary/aromatic N) is 3. The highest BCUT2D eigenvalue weighted by Crippen LogP contribution is 2.23. The Labute approximate surface area is 124 Å². The van der Waals surface area contributed by atoms with E-state index >= 15 is 0 Å². The van der Waals surface area contributed by atoms with Crippen LogP contribution in [0.2, 0.25) is 0 Å². The van der Waals surface area contributed by atoms with Gasteiger partial charge in [-0.15, -0.1) is 11.3 Å². The van der Waals surface area contributed by atoms with Crippen LogP contribution in [0.25, 0.3) is 0 Å². The van der Waals surface area contributed by atoms with E-state index in [0.29, 0.717) is 6.04 Å². The third-order valence-electron chi connectivity index (χ3n) is 3.91. The summed E-state index contributed by atoms with van der Waals surface area (Å²) in [5.74, 6) is -0.807. The van der Waals surface area contributed by atoms with E-state index in [4.69, 9.17) is 5.11 Å². The molecule has 0 amide bonds. The van der Waals surface area contributed by atoms with Crippen molar-refractivity contribution in [3.8, 4) is 0 Å². The molecule has 1 fully saturated rings. The average Bonchev–Trinajstić information content (AvgIpc) is 2.69. The van der Waals surface area contributed by atoms with Crippen LogP contribution < -0.4 is 0 Å². The molecular formula is C14H23N3O2S. The molecule has 0 aliphatic carbocycles. The van der Waals surface area contributed by atoms with Crippen LogP contribution in [-0.2, 0) is 17.8 Å². The maximum atomic E-state index is 10.9. The average molecular weight is 297 g/mol. The van der Waals surface area contributed by atoms with E-state index in [9.17, 15) is 4.79 Å². The van der Waals surface area contributed by atoms with Gasteiger partial charge >= 0.3 is 5.97 Å².